The maximum atomic E-state index is 13.2. The summed E-state index contributed by atoms with van der Waals surface area (Å²) in [6.07, 6.45) is 0.355. The molecule has 1 atom stereocenters. The van der Waals surface area contributed by atoms with Gasteiger partial charge in [0, 0.05) is 16.8 Å². The first-order valence-electron chi connectivity index (χ1n) is 10.6. The summed E-state index contributed by atoms with van der Waals surface area (Å²) in [4.78, 5) is 25.6. The van der Waals surface area contributed by atoms with Crippen LogP contribution in [0.15, 0.2) is 53.4 Å². The fraction of sp³-hybridized carbons (Fsp3) is 0.417. The Bertz CT molecular complexity index is 1080. The average molecular weight is 478 g/mol. The fourth-order valence-corrected chi connectivity index (χ4v) is 4.49. The zero-order chi connectivity index (χ0) is 25.0. The van der Waals surface area contributed by atoms with Gasteiger partial charge in [0.1, 0.15) is 11.9 Å². The number of anilines is 1. The third-order valence-electron chi connectivity index (χ3n) is 4.42. The van der Waals surface area contributed by atoms with Crippen LogP contribution in [0.5, 0.6) is 0 Å². The number of rotatable bonds is 7. The minimum Gasteiger partial charge on any atom is -0.340 e. The SMILES string of the molecule is CC(C)(C)C[C@H](NC(=O)c1ccc(F)cc1)C(=O)Nc1ccc(S(=O)(=O)NC(C)(C)C)cc1. The summed E-state index contributed by atoms with van der Waals surface area (Å²) in [6, 6.07) is 9.99. The van der Waals surface area contributed by atoms with Crippen LogP contribution in [-0.4, -0.2) is 31.8 Å². The Kier molecular flexibility index (Phi) is 8.03. The Morgan fingerprint density at radius 2 is 1.45 bits per heavy atom. The van der Waals surface area contributed by atoms with Crippen LogP contribution < -0.4 is 15.4 Å². The van der Waals surface area contributed by atoms with Crippen molar-refractivity contribution < 1.29 is 22.4 Å². The second kappa shape index (κ2) is 10.0. The molecule has 0 bridgehead atoms. The van der Waals surface area contributed by atoms with Gasteiger partial charge in [-0.2, -0.15) is 0 Å². The van der Waals surface area contributed by atoms with Crippen LogP contribution >= 0.6 is 0 Å². The van der Waals surface area contributed by atoms with Gasteiger partial charge in [0.2, 0.25) is 15.9 Å². The Morgan fingerprint density at radius 3 is 1.94 bits per heavy atom. The number of hydrogen-bond donors (Lipinski definition) is 3. The van der Waals surface area contributed by atoms with Gasteiger partial charge in [-0.3, -0.25) is 9.59 Å². The molecule has 3 N–H and O–H groups in total. The molecule has 0 saturated carbocycles. The third-order valence-corrected chi connectivity index (χ3v) is 6.19. The van der Waals surface area contributed by atoms with Crippen molar-refractivity contribution in [1.29, 1.82) is 0 Å². The molecule has 0 aromatic heterocycles. The Balaban J connectivity index is 2.16. The van der Waals surface area contributed by atoms with Gasteiger partial charge in [-0.05, 0) is 81.1 Å². The summed E-state index contributed by atoms with van der Waals surface area (Å²) in [5.41, 5.74) is -0.267. The van der Waals surface area contributed by atoms with Crippen molar-refractivity contribution in [3.63, 3.8) is 0 Å². The highest BCUT2D eigenvalue weighted by atomic mass is 32.2. The summed E-state index contributed by atoms with van der Waals surface area (Å²) in [5.74, 6) is -1.39. The number of benzene rings is 2. The molecule has 2 amide bonds. The van der Waals surface area contributed by atoms with E-state index in [0.717, 1.165) is 0 Å². The van der Waals surface area contributed by atoms with Gasteiger partial charge in [0.25, 0.3) is 5.91 Å². The molecule has 7 nitrogen and oxygen atoms in total. The molecule has 0 saturated heterocycles. The van der Waals surface area contributed by atoms with Gasteiger partial charge >= 0.3 is 0 Å². The van der Waals surface area contributed by atoms with Gasteiger partial charge in [-0.1, -0.05) is 20.8 Å². The molecule has 0 aliphatic rings. The van der Waals surface area contributed by atoms with Crippen LogP contribution in [0.1, 0.15) is 58.3 Å². The maximum Gasteiger partial charge on any atom is 0.251 e. The molecule has 33 heavy (non-hydrogen) atoms. The first kappa shape index (κ1) is 26.5. The zero-order valence-electron chi connectivity index (χ0n) is 19.8. The molecule has 0 heterocycles. The van der Waals surface area contributed by atoms with Crippen molar-refractivity contribution in [3.05, 3.63) is 59.9 Å². The van der Waals surface area contributed by atoms with Crippen LogP contribution in [0.25, 0.3) is 0 Å². The molecule has 2 rings (SSSR count). The molecule has 2 aromatic carbocycles. The van der Waals surface area contributed by atoms with Crippen molar-refractivity contribution in [3.8, 4) is 0 Å². The molecule has 0 unspecified atom stereocenters. The number of sulfonamides is 1. The van der Waals surface area contributed by atoms with E-state index in [0.29, 0.717) is 12.1 Å². The van der Waals surface area contributed by atoms with Crippen molar-refractivity contribution in [2.45, 2.75) is 64.4 Å². The normalized spacial score (nSPS) is 13.3. The van der Waals surface area contributed by atoms with Gasteiger partial charge in [0.15, 0.2) is 0 Å². The predicted molar refractivity (Wildman–Crippen MR) is 127 cm³/mol. The minimum atomic E-state index is -3.70. The molecule has 0 spiro atoms. The number of hydrogen-bond acceptors (Lipinski definition) is 4. The topological polar surface area (TPSA) is 104 Å². The minimum absolute atomic E-state index is 0.0753. The van der Waals surface area contributed by atoms with Crippen LogP contribution in [0.3, 0.4) is 0 Å². The Hall–Kier alpha value is -2.78. The van der Waals surface area contributed by atoms with Crippen molar-refractivity contribution in [1.82, 2.24) is 10.0 Å². The van der Waals surface area contributed by atoms with Gasteiger partial charge < -0.3 is 10.6 Å². The number of amides is 2. The molecule has 9 heteroatoms. The quantitative estimate of drug-likeness (QED) is 0.559. The van der Waals surface area contributed by atoms with Crippen molar-refractivity contribution >= 4 is 27.5 Å². The predicted octanol–water partition coefficient (Wildman–Crippen LogP) is 4.08. The molecule has 180 valence electrons. The van der Waals surface area contributed by atoms with Crippen LogP contribution in [-0.2, 0) is 14.8 Å². The van der Waals surface area contributed by atoms with E-state index in [9.17, 15) is 22.4 Å². The van der Waals surface area contributed by atoms with E-state index in [1.165, 1.54) is 48.5 Å². The molecule has 0 fully saturated rings. The monoisotopic (exact) mass is 477 g/mol. The number of nitrogens with one attached hydrogen (secondary N) is 3. The number of carbonyl (C=O) groups is 2. The van der Waals surface area contributed by atoms with E-state index in [1.807, 2.05) is 20.8 Å². The zero-order valence-corrected chi connectivity index (χ0v) is 20.6. The molecule has 0 aliphatic carbocycles. The molecule has 0 aliphatic heterocycles. The lowest BCUT2D eigenvalue weighted by atomic mass is 9.87. The highest BCUT2D eigenvalue weighted by molar-refractivity contribution is 7.89. The van der Waals surface area contributed by atoms with E-state index in [-0.39, 0.29) is 15.9 Å². The molecule has 2 aromatic rings. The molecular weight excluding hydrogens is 445 g/mol. The lowest BCUT2D eigenvalue weighted by Crippen LogP contribution is -2.45. The lowest BCUT2D eigenvalue weighted by Gasteiger charge is -2.26. The summed E-state index contributed by atoms with van der Waals surface area (Å²) < 4.78 is 40.6. The van der Waals surface area contributed by atoms with Gasteiger partial charge in [-0.25, -0.2) is 17.5 Å². The van der Waals surface area contributed by atoms with Gasteiger partial charge in [-0.15, -0.1) is 0 Å². The first-order chi connectivity index (χ1) is 15.1. The largest absolute Gasteiger partial charge is 0.340 e. The van der Waals surface area contributed by atoms with Gasteiger partial charge in [0.05, 0.1) is 4.90 Å². The van der Waals surface area contributed by atoms with Crippen LogP contribution in [0.4, 0.5) is 10.1 Å². The maximum absolute atomic E-state index is 13.2. The third kappa shape index (κ3) is 8.58. The molecular formula is C24H32FN3O4S. The van der Waals surface area contributed by atoms with E-state index in [1.54, 1.807) is 20.8 Å². The second-order valence-corrected chi connectivity index (χ2v) is 11.8. The van der Waals surface area contributed by atoms with E-state index in [4.69, 9.17) is 0 Å². The van der Waals surface area contributed by atoms with Crippen LogP contribution in [0, 0.1) is 11.2 Å². The second-order valence-electron chi connectivity index (χ2n) is 10.2. The van der Waals surface area contributed by atoms with Crippen LogP contribution in [0.2, 0.25) is 0 Å². The smallest absolute Gasteiger partial charge is 0.251 e. The Labute approximate surface area is 195 Å². The summed E-state index contributed by atoms with van der Waals surface area (Å²) in [6.45, 7) is 11.1. The Morgan fingerprint density at radius 1 is 0.909 bits per heavy atom. The first-order valence-corrected chi connectivity index (χ1v) is 12.1. The van der Waals surface area contributed by atoms with Crippen molar-refractivity contribution in [2.24, 2.45) is 5.41 Å². The fourth-order valence-electron chi connectivity index (χ4n) is 3.07. The summed E-state index contributed by atoms with van der Waals surface area (Å²) in [7, 11) is -3.70. The summed E-state index contributed by atoms with van der Waals surface area (Å²) in [5, 5.41) is 5.44. The highest BCUT2D eigenvalue weighted by Crippen LogP contribution is 2.23. The highest BCUT2D eigenvalue weighted by Gasteiger charge is 2.27. The average Bonchev–Trinajstić information content (AvgIpc) is 2.65. The number of carbonyl (C=O) groups excluding carboxylic acids is 2. The standard InChI is InChI=1S/C24H32FN3O4S/c1-23(2,3)15-20(27-21(29)16-7-9-17(25)10-8-16)22(30)26-18-11-13-19(14-12-18)33(31,32)28-24(4,5)6/h7-14,20,28H,15H2,1-6H3,(H,26,30)(H,27,29)/t20-/m0/s1. The number of halogens is 1. The molecule has 0 radical (unpaired) electrons. The lowest BCUT2D eigenvalue weighted by molar-refractivity contribution is -0.118. The van der Waals surface area contributed by atoms with E-state index < -0.39 is 39.2 Å². The van der Waals surface area contributed by atoms with Crippen molar-refractivity contribution in [2.75, 3.05) is 5.32 Å². The van der Waals surface area contributed by atoms with E-state index in [2.05, 4.69) is 15.4 Å². The van der Waals surface area contributed by atoms with E-state index >= 15 is 0 Å². The summed E-state index contributed by atoms with van der Waals surface area (Å²) >= 11 is 0.